The van der Waals surface area contributed by atoms with Crippen molar-refractivity contribution in [1.82, 2.24) is 0 Å². The van der Waals surface area contributed by atoms with E-state index < -0.39 is 0 Å². The van der Waals surface area contributed by atoms with Gasteiger partial charge in [-0.2, -0.15) is 12.6 Å². The summed E-state index contributed by atoms with van der Waals surface area (Å²) in [6, 6.07) is 0. The van der Waals surface area contributed by atoms with E-state index in [2.05, 4.69) is 26.5 Å². The summed E-state index contributed by atoms with van der Waals surface area (Å²) in [5.74, 6) is 0. The first-order valence-electron chi connectivity index (χ1n) is 8.49. The number of unbranched alkanes of at least 4 members (excludes halogenated alkanes) is 11. The van der Waals surface area contributed by atoms with Crippen LogP contribution in [0.15, 0.2) is 0 Å². The van der Waals surface area contributed by atoms with Gasteiger partial charge in [0.05, 0.1) is 0 Å². The zero-order chi connectivity index (χ0) is 13.5. The van der Waals surface area contributed by atoms with E-state index in [1.165, 1.54) is 89.9 Å². The summed E-state index contributed by atoms with van der Waals surface area (Å²) in [6.07, 6.45) is 19.9. The van der Waals surface area contributed by atoms with E-state index in [1.807, 2.05) is 0 Å². The molecule has 0 amide bonds. The Balaban J connectivity index is 2.94. The Bertz CT molecular complexity index is 145. The van der Waals surface area contributed by atoms with Crippen LogP contribution in [0.2, 0.25) is 0 Å². The van der Waals surface area contributed by atoms with Crippen LogP contribution in [0, 0.1) is 0 Å². The van der Waals surface area contributed by atoms with Crippen molar-refractivity contribution in [3.63, 3.8) is 0 Å². The van der Waals surface area contributed by atoms with Crippen molar-refractivity contribution in [2.45, 2.75) is 109 Å². The zero-order valence-electron chi connectivity index (χ0n) is 12.9. The molecule has 0 saturated carbocycles. The van der Waals surface area contributed by atoms with E-state index in [-0.39, 0.29) is 0 Å². The van der Waals surface area contributed by atoms with Gasteiger partial charge in [0.1, 0.15) is 0 Å². The molecule has 1 unspecified atom stereocenters. The van der Waals surface area contributed by atoms with Crippen LogP contribution in [0.25, 0.3) is 0 Å². The molecule has 110 valence electrons. The first-order valence-corrected chi connectivity index (χ1v) is 9.01. The summed E-state index contributed by atoms with van der Waals surface area (Å²) in [4.78, 5) is 0. The lowest BCUT2D eigenvalue weighted by Crippen LogP contribution is -1.95. The Hall–Kier alpha value is 0.350. The molecule has 0 rings (SSSR count). The summed E-state index contributed by atoms with van der Waals surface area (Å²) in [6.45, 7) is 4.52. The minimum atomic E-state index is 0.646. The molecule has 1 heteroatoms. The Morgan fingerprint density at radius 2 is 1.00 bits per heavy atom. The van der Waals surface area contributed by atoms with Crippen molar-refractivity contribution >= 4 is 12.6 Å². The molecule has 18 heavy (non-hydrogen) atoms. The molecule has 1 atom stereocenters. The van der Waals surface area contributed by atoms with Crippen molar-refractivity contribution in [3.8, 4) is 0 Å². The fraction of sp³-hybridized carbons (Fsp3) is 1.00. The maximum atomic E-state index is 4.54. The van der Waals surface area contributed by atoms with Gasteiger partial charge in [-0.1, -0.05) is 90.9 Å². The third-order valence-corrected chi connectivity index (χ3v) is 4.49. The summed E-state index contributed by atoms with van der Waals surface area (Å²) in [5.41, 5.74) is 0. The SMILES string of the molecule is CCCCCCCCCCCCCCC(S)CC. The van der Waals surface area contributed by atoms with E-state index in [4.69, 9.17) is 0 Å². The maximum absolute atomic E-state index is 4.54. The smallest absolute Gasteiger partial charge is 0.00141 e. The molecule has 0 spiro atoms. The molecule has 0 aromatic heterocycles. The third kappa shape index (κ3) is 14.4. The van der Waals surface area contributed by atoms with Gasteiger partial charge in [0, 0.05) is 5.25 Å². The molecule has 0 fully saturated rings. The van der Waals surface area contributed by atoms with Gasteiger partial charge in [-0.25, -0.2) is 0 Å². The first-order chi connectivity index (χ1) is 8.81. The lowest BCUT2D eigenvalue weighted by atomic mass is 10.0. The van der Waals surface area contributed by atoms with Crippen molar-refractivity contribution in [2.24, 2.45) is 0 Å². The number of hydrogen-bond acceptors (Lipinski definition) is 1. The molecule has 0 aromatic carbocycles. The van der Waals surface area contributed by atoms with Gasteiger partial charge >= 0.3 is 0 Å². The first kappa shape index (κ1) is 18.4. The van der Waals surface area contributed by atoms with Gasteiger partial charge in [-0.15, -0.1) is 0 Å². The van der Waals surface area contributed by atoms with E-state index in [9.17, 15) is 0 Å². The average Bonchev–Trinajstić information content (AvgIpc) is 2.39. The summed E-state index contributed by atoms with van der Waals surface area (Å²) < 4.78 is 0. The zero-order valence-corrected chi connectivity index (χ0v) is 13.8. The van der Waals surface area contributed by atoms with Crippen LogP contribution in [0.3, 0.4) is 0 Å². The topological polar surface area (TPSA) is 0 Å². The number of thiol groups is 1. The highest BCUT2D eigenvalue weighted by molar-refractivity contribution is 7.80. The van der Waals surface area contributed by atoms with Crippen LogP contribution >= 0.6 is 12.6 Å². The second-order valence-electron chi connectivity index (χ2n) is 5.74. The van der Waals surface area contributed by atoms with Gasteiger partial charge in [-0.05, 0) is 12.8 Å². The van der Waals surface area contributed by atoms with Crippen LogP contribution in [-0.4, -0.2) is 5.25 Å². The fourth-order valence-electron chi connectivity index (χ4n) is 2.43. The van der Waals surface area contributed by atoms with Crippen LogP contribution < -0.4 is 0 Å². The van der Waals surface area contributed by atoms with Crippen molar-refractivity contribution < 1.29 is 0 Å². The van der Waals surface area contributed by atoms with E-state index in [0.29, 0.717) is 5.25 Å². The van der Waals surface area contributed by atoms with Gasteiger partial charge in [0.15, 0.2) is 0 Å². The van der Waals surface area contributed by atoms with Crippen LogP contribution in [0.4, 0.5) is 0 Å². The van der Waals surface area contributed by atoms with Crippen LogP contribution in [0.5, 0.6) is 0 Å². The third-order valence-electron chi connectivity index (χ3n) is 3.86. The highest BCUT2D eigenvalue weighted by atomic mass is 32.1. The molecule has 0 aliphatic heterocycles. The van der Waals surface area contributed by atoms with E-state index >= 15 is 0 Å². The predicted octanol–water partition coefficient (Wildman–Crippen LogP) is 6.79. The predicted molar refractivity (Wildman–Crippen MR) is 88.8 cm³/mol. The van der Waals surface area contributed by atoms with Crippen LogP contribution in [0.1, 0.15) is 104 Å². The largest absolute Gasteiger partial charge is 0.176 e. The maximum Gasteiger partial charge on any atom is 0.00141 e. The second-order valence-corrected chi connectivity index (χ2v) is 6.47. The van der Waals surface area contributed by atoms with Gasteiger partial charge in [0.2, 0.25) is 0 Å². The molecule has 0 aliphatic rings. The Morgan fingerprint density at radius 3 is 1.39 bits per heavy atom. The standard InChI is InChI=1S/C17H36S/c1-3-5-6-7-8-9-10-11-12-13-14-15-16-17(18)4-2/h17-18H,3-16H2,1-2H3. The molecular formula is C17H36S. The molecular weight excluding hydrogens is 236 g/mol. The fourth-order valence-corrected chi connectivity index (χ4v) is 2.61. The highest BCUT2D eigenvalue weighted by Crippen LogP contribution is 2.15. The summed E-state index contributed by atoms with van der Waals surface area (Å²) in [7, 11) is 0. The van der Waals surface area contributed by atoms with E-state index in [1.54, 1.807) is 0 Å². The number of rotatable bonds is 14. The monoisotopic (exact) mass is 272 g/mol. The lowest BCUT2D eigenvalue weighted by Gasteiger charge is -2.06. The molecule has 0 heterocycles. The minimum absolute atomic E-state index is 0.646. The van der Waals surface area contributed by atoms with Gasteiger partial charge in [0.25, 0.3) is 0 Å². The highest BCUT2D eigenvalue weighted by Gasteiger charge is 1.98. The molecule has 0 aliphatic carbocycles. The Kier molecular flexibility index (Phi) is 15.7. The Labute approximate surface area is 122 Å². The normalized spacial score (nSPS) is 12.8. The van der Waals surface area contributed by atoms with E-state index in [0.717, 1.165) is 0 Å². The van der Waals surface area contributed by atoms with Crippen molar-refractivity contribution in [1.29, 1.82) is 0 Å². The molecule has 0 aromatic rings. The summed E-state index contributed by atoms with van der Waals surface area (Å²) >= 11 is 4.54. The average molecular weight is 273 g/mol. The van der Waals surface area contributed by atoms with Gasteiger partial charge in [-0.3, -0.25) is 0 Å². The molecule has 0 nitrogen and oxygen atoms in total. The van der Waals surface area contributed by atoms with Crippen LogP contribution in [-0.2, 0) is 0 Å². The van der Waals surface area contributed by atoms with Crippen molar-refractivity contribution in [3.05, 3.63) is 0 Å². The minimum Gasteiger partial charge on any atom is -0.176 e. The lowest BCUT2D eigenvalue weighted by molar-refractivity contribution is 0.536. The van der Waals surface area contributed by atoms with Crippen molar-refractivity contribution in [2.75, 3.05) is 0 Å². The Morgan fingerprint density at radius 1 is 0.611 bits per heavy atom. The molecule has 0 saturated heterocycles. The molecule has 0 bridgehead atoms. The molecule has 0 radical (unpaired) electrons. The second kappa shape index (κ2) is 15.4. The van der Waals surface area contributed by atoms with Gasteiger partial charge < -0.3 is 0 Å². The molecule has 0 N–H and O–H groups in total. The summed E-state index contributed by atoms with van der Waals surface area (Å²) in [5, 5.41) is 0.646. The number of hydrogen-bond donors (Lipinski definition) is 1. The quantitative estimate of drug-likeness (QED) is 0.261.